The Hall–Kier alpha value is -1.75. The highest BCUT2D eigenvalue weighted by Gasteiger charge is 2.31. The number of halogens is 1. The first kappa shape index (κ1) is 14.7. The van der Waals surface area contributed by atoms with Gasteiger partial charge in [-0.2, -0.15) is 0 Å². The van der Waals surface area contributed by atoms with Gasteiger partial charge in [0.15, 0.2) is 0 Å². The van der Waals surface area contributed by atoms with E-state index in [0.717, 1.165) is 5.56 Å². The summed E-state index contributed by atoms with van der Waals surface area (Å²) in [6.45, 7) is 2.58. The van der Waals surface area contributed by atoms with Gasteiger partial charge in [0.1, 0.15) is 0 Å². The molecule has 1 aromatic carbocycles. The third-order valence-corrected chi connectivity index (χ3v) is 3.88. The minimum absolute atomic E-state index is 0.222. The van der Waals surface area contributed by atoms with Crippen LogP contribution in [0.1, 0.15) is 24.9 Å². The first-order valence-electron chi connectivity index (χ1n) is 6.51. The van der Waals surface area contributed by atoms with Crippen molar-refractivity contribution in [1.29, 1.82) is 0 Å². The molecule has 5 nitrogen and oxygen atoms in total. The van der Waals surface area contributed by atoms with Crippen LogP contribution < -0.4 is 5.32 Å². The first-order chi connectivity index (χ1) is 9.49. The second kappa shape index (κ2) is 6.13. The van der Waals surface area contributed by atoms with Gasteiger partial charge in [0, 0.05) is 18.1 Å². The third-order valence-electron chi connectivity index (χ3n) is 3.54. The van der Waals surface area contributed by atoms with Gasteiger partial charge in [0.2, 0.25) is 0 Å². The van der Waals surface area contributed by atoms with Crippen LogP contribution in [0.2, 0.25) is 5.02 Å². The summed E-state index contributed by atoms with van der Waals surface area (Å²) in [5.74, 6) is -1.31. The normalized spacial score (nSPS) is 19.7. The molecule has 2 rings (SSSR count). The fourth-order valence-corrected chi connectivity index (χ4v) is 2.63. The van der Waals surface area contributed by atoms with Gasteiger partial charge in [-0.15, -0.1) is 0 Å². The van der Waals surface area contributed by atoms with Crippen LogP contribution in [0.4, 0.5) is 4.79 Å². The highest BCUT2D eigenvalue weighted by atomic mass is 35.5. The van der Waals surface area contributed by atoms with Crippen molar-refractivity contribution in [2.24, 2.45) is 5.92 Å². The van der Waals surface area contributed by atoms with Crippen molar-refractivity contribution in [2.75, 3.05) is 13.1 Å². The molecule has 6 heteroatoms. The Kier molecular flexibility index (Phi) is 4.49. The maximum absolute atomic E-state index is 12.1. The Morgan fingerprint density at radius 3 is 2.75 bits per heavy atom. The molecule has 1 heterocycles. The Morgan fingerprint density at radius 2 is 2.15 bits per heavy atom. The molecule has 1 saturated heterocycles. The van der Waals surface area contributed by atoms with Gasteiger partial charge in [-0.05, 0) is 25.0 Å². The molecule has 0 saturated carbocycles. The maximum atomic E-state index is 12.1. The smallest absolute Gasteiger partial charge is 0.317 e. The summed E-state index contributed by atoms with van der Waals surface area (Å²) in [5.41, 5.74) is 0.844. The lowest BCUT2D eigenvalue weighted by Crippen LogP contribution is -2.40. The average molecular weight is 297 g/mol. The summed E-state index contributed by atoms with van der Waals surface area (Å²) < 4.78 is 0. The number of carbonyl (C=O) groups is 2. The van der Waals surface area contributed by atoms with Crippen molar-refractivity contribution in [3.8, 4) is 0 Å². The lowest BCUT2D eigenvalue weighted by Gasteiger charge is -2.21. The summed E-state index contributed by atoms with van der Waals surface area (Å²) in [6.07, 6.45) is 0.503. The van der Waals surface area contributed by atoms with Crippen molar-refractivity contribution in [2.45, 2.75) is 19.4 Å². The number of nitrogens with zero attached hydrogens (tertiary/aromatic N) is 1. The minimum Gasteiger partial charge on any atom is -0.481 e. The van der Waals surface area contributed by atoms with Gasteiger partial charge < -0.3 is 15.3 Å². The molecule has 1 aliphatic heterocycles. The SMILES string of the molecule is C[C@H](NC(=O)N1CCC(C(=O)O)C1)c1ccccc1Cl. The number of hydrogen-bond acceptors (Lipinski definition) is 2. The van der Waals surface area contributed by atoms with Crippen molar-refractivity contribution in [1.82, 2.24) is 10.2 Å². The summed E-state index contributed by atoms with van der Waals surface area (Å²) in [6, 6.07) is 6.85. The van der Waals surface area contributed by atoms with Gasteiger partial charge >= 0.3 is 12.0 Å². The van der Waals surface area contributed by atoms with Crippen molar-refractivity contribution in [3.63, 3.8) is 0 Å². The second-order valence-electron chi connectivity index (χ2n) is 4.96. The highest BCUT2D eigenvalue weighted by Crippen LogP contribution is 2.23. The fraction of sp³-hybridized carbons (Fsp3) is 0.429. The van der Waals surface area contributed by atoms with E-state index in [0.29, 0.717) is 18.0 Å². The predicted molar refractivity (Wildman–Crippen MR) is 75.7 cm³/mol. The van der Waals surface area contributed by atoms with Gasteiger partial charge in [0.25, 0.3) is 0 Å². The van der Waals surface area contributed by atoms with Crippen molar-refractivity contribution < 1.29 is 14.7 Å². The third kappa shape index (κ3) is 3.22. The maximum Gasteiger partial charge on any atom is 0.317 e. The molecule has 1 unspecified atom stereocenters. The van der Waals surface area contributed by atoms with E-state index >= 15 is 0 Å². The van der Waals surface area contributed by atoms with E-state index < -0.39 is 11.9 Å². The highest BCUT2D eigenvalue weighted by molar-refractivity contribution is 6.31. The zero-order valence-electron chi connectivity index (χ0n) is 11.2. The topological polar surface area (TPSA) is 69.6 Å². The standard InChI is InChI=1S/C14H17ClN2O3/c1-9(11-4-2-3-5-12(11)15)16-14(20)17-7-6-10(8-17)13(18)19/h2-5,9-10H,6-8H2,1H3,(H,16,20)(H,18,19)/t9-,10?/m0/s1. The van der Waals surface area contributed by atoms with Crippen LogP contribution >= 0.6 is 11.6 Å². The van der Waals surface area contributed by atoms with E-state index in [2.05, 4.69) is 5.32 Å². The van der Waals surface area contributed by atoms with Crippen LogP contribution in [0.25, 0.3) is 0 Å². The van der Waals surface area contributed by atoms with Crippen LogP contribution in [0.3, 0.4) is 0 Å². The number of amides is 2. The summed E-state index contributed by atoms with van der Waals surface area (Å²) in [5, 5.41) is 12.4. The molecule has 20 heavy (non-hydrogen) atoms. The van der Waals surface area contributed by atoms with Crippen molar-refractivity contribution in [3.05, 3.63) is 34.9 Å². The van der Waals surface area contributed by atoms with E-state index in [9.17, 15) is 9.59 Å². The molecular formula is C14H17ClN2O3. The summed E-state index contributed by atoms with van der Waals surface area (Å²) in [4.78, 5) is 24.5. The van der Waals surface area contributed by atoms with E-state index in [1.165, 1.54) is 4.90 Å². The number of benzene rings is 1. The Bertz CT molecular complexity index is 521. The Labute approximate surface area is 122 Å². The molecule has 1 fully saturated rings. The first-order valence-corrected chi connectivity index (χ1v) is 6.89. The monoisotopic (exact) mass is 296 g/mol. The zero-order valence-corrected chi connectivity index (χ0v) is 11.9. The molecular weight excluding hydrogens is 280 g/mol. The van der Waals surface area contributed by atoms with E-state index in [1.54, 1.807) is 6.07 Å². The Morgan fingerprint density at radius 1 is 1.45 bits per heavy atom. The molecule has 1 aromatic rings. The number of hydrogen-bond donors (Lipinski definition) is 2. The van der Waals surface area contributed by atoms with E-state index in [-0.39, 0.29) is 18.6 Å². The molecule has 2 amide bonds. The number of carboxylic acids is 1. The number of carboxylic acid groups (broad SMARTS) is 1. The van der Waals surface area contributed by atoms with Crippen LogP contribution in [-0.2, 0) is 4.79 Å². The summed E-state index contributed by atoms with van der Waals surface area (Å²) in [7, 11) is 0. The Balaban J connectivity index is 1.95. The lowest BCUT2D eigenvalue weighted by molar-refractivity contribution is -0.141. The van der Waals surface area contributed by atoms with Crippen molar-refractivity contribution >= 4 is 23.6 Å². The van der Waals surface area contributed by atoms with Gasteiger partial charge in [-0.25, -0.2) is 4.79 Å². The molecule has 0 radical (unpaired) electrons. The van der Waals surface area contributed by atoms with Crippen LogP contribution in [0.5, 0.6) is 0 Å². The summed E-state index contributed by atoms with van der Waals surface area (Å²) >= 11 is 6.08. The van der Waals surface area contributed by atoms with Gasteiger partial charge in [-0.3, -0.25) is 4.79 Å². The molecule has 0 spiro atoms. The molecule has 0 aliphatic carbocycles. The molecule has 0 bridgehead atoms. The fourth-order valence-electron chi connectivity index (χ4n) is 2.33. The molecule has 0 aromatic heterocycles. The zero-order chi connectivity index (χ0) is 14.7. The quantitative estimate of drug-likeness (QED) is 0.900. The molecule has 1 aliphatic rings. The molecule has 2 atom stereocenters. The second-order valence-corrected chi connectivity index (χ2v) is 5.37. The van der Waals surface area contributed by atoms with E-state index in [1.807, 2.05) is 25.1 Å². The number of rotatable bonds is 3. The van der Waals surface area contributed by atoms with Gasteiger partial charge in [0.05, 0.1) is 12.0 Å². The van der Waals surface area contributed by atoms with E-state index in [4.69, 9.17) is 16.7 Å². The number of urea groups is 1. The lowest BCUT2D eigenvalue weighted by atomic mass is 10.1. The number of likely N-dealkylation sites (tertiary alicyclic amines) is 1. The minimum atomic E-state index is -0.848. The predicted octanol–water partition coefficient (Wildman–Crippen LogP) is 2.52. The van der Waals surface area contributed by atoms with Gasteiger partial charge in [-0.1, -0.05) is 29.8 Å². The number of nitrogens with one attached hydrogen (secondary N) is 1. The number of carbonyl (C=O) groups excluding carboxylic acids is 1. The average Bonchev–Trinajstić information content (AvgIpc) is 2.88. The molecule has 108 valence electrons. The van der Waals surface area contributed by atoms with Crippen LogP contribution in [0.15, 0.2) is 24.3 Å². The van der Waals surface area contributed by atoms with Crippen LogP contribution in [-0.4, -0.2) is 35.1 Å². The molecule has 2 N–H and O–H groups in total. The largest absolute Gasteiger partial charge is 0.481 e. The van der Waals surface area contributed by atoms with Crippen LogP contribution in [0, 0.1) is 5.92 Å². The number of aliphatic carboxylic acids is 1.